The summed E-state index contributed by atoms with van der Waals surface area (Å²) in [6.07, 6.45) is 2.08. The SMILES string of the molecule is Cc1ccc2c(c1)C(NCc1ccc(F)cc1F)CC2. The van der Waals surface area contributed by atoms with Gasteiger partial charge in [0.25, 0.3) is 0 Å². The van der Waals surface area contributed by atoms with Gasteiger partial charge in [-0.05, 0) is 37.0 Å². The van der Waals surface area contributed by atoms with Crippen LogP contribution in [0, 0.1) is 18.6 Å². The van der Waals surface area contributed by atoms with Gasteiger partial charge in [-0.3, -0.25) is 0 Å². The maximum Gasteiger partial charge on any atom is 0.130 e. The van der Waals surface area contributed by atoms with E-state index in [-0.39, 0.29) is 6.04 Å². The van der Waals surface area contributed by atoms with Crippen LogP contribution in [0.1, 0.15) is 34.7 Å². The zero-order valence-corrected chi connectivity index (χ0v) is 11.4. The Hall–Kier alpha value is -1.74. The molecule has 1 aliphatic rings. The fourth-order valence-corrected chi connectivity index (χ4v) is 2.83. The number of fused-ring (bicyclic) bond motifs is 1. The first-order valence-electron chi connectivity index (χ1n) is 6.90. The normalized spacial score (nSPS) is 17.2. The van der Waals surface area contributed by atoms with E-state index < -0.39 is 11.6 Å². The van der Waals surface area contributed by atoms with Crippen LogP contribution >= 0.6 is 0 Å². The Morgan fingerprint density at radius 2 is 2.00 bits per heavy atom. The van der Waals surface area contributed by atoms with Crippen LogP contribution in [-0.4, -0.2) is 0 Å². The third kappa shape index (κ3) is 2.59. The largest absolute Gasteiger partial charge is 0.306 e. The molecule has 0 saturated heterocycles. The topological polar surface area (TPSA) is 12.0 Å². The van der Waals surface area contributed by atoms with E-state index >= 15 is 0 Å². The fourth-order valence-electron chi connectivity index (χ4n) is 2.83. The molecule has 1 aliphatic carbocycles. The summed E-state index contributed by atoms with van der Waals surface area (Å²) in [5, 5.41) is 3.38. The summed E-state index contributed by atoms with van der Waals surface area (Å²) >= 11 is 0. The van der Waals surface area contributed by atoms with Crippen LogP contribution in [0.4, 0.5) is 8.78 Å². The summed E-state index contributed by atoms with van der Waals surface area (Å²) in [7, 11) is 0. The van der Waals surface area contributed by atoms with Gasteiger partial charge in [-0.1, -0.05) is 29.8 Å². The number of hydrogen-bond donors (Lipinski definition) is 1. The van der Waals surface area contributed by atoms with Crippen LogP contribution in [0.3, 0.4) is 0 Å². The molecule has 104 valence electrons. The number of halogens is 2. The molecule has 2 aromatic carbocycles. The van der Waals surface area contributed by atoms with Gasteiger partial charge in [0.1, 0.15) is 11.6 Å². The Bertz CT molecular complexity index is 637. The molecule has 1 N–H and O–H groups in total. The third-order valence-electron chi connectivity index (χ3n) is 3.93. The second kappa shape index (κ2) is 5.33. The van der Waals surface area contributed by atoms with E-state index in [1.54, 1.807) is 0 Å². The summed E-state index contributed by atoms with van der Waals surface area (Å²) < 4.78 is 26.5. The van der Waals surface area contributed by atoms with Crippen molar-refractivity contribution < 1.29 is 8.78 Å². The van der Waals surface area contributed by atoms with Crippen LogP contribution < -0.4 is 5.32 Å². The molecule has 1 atom stereocenters. The highest BCUT2D eigenvalue weighted by Crippen LogP contribution is 2.32. The Balaban J connectivity index is 1.73. The molecule has 0 aromatic heterocycles. The van der Waals surface area contributed by atoms with Gasteiger partial charge in [-0.25, -0.2) is 8.78 Å². The zero-order valence-electron chi connectivity index (χ0n) is 11.4. The maximum atomic E-state index is 13.6. The molecule has 0 saturated carbocycles. The first-order valence-corrected chi connectivity index (χ1v) is 6.90. The summed E-state index contributed by atoms with van der Waals surface area (Å²) in [5.74, 6) is -1.02. The molecular formula is C17H17F2N. The van der Waals surface area contributed by atoms with Gasteiger partial charge in [0.15, 0.2) is 0 Å². The van der Waals surface area contributed by atoms with Gasteiger partial charge < -0.3 is 5.32 Å². The highest BCUT2D eigenvalue weighted by atomic mass is 19.1. The lowest BCUT2D eigenvalue weighted by Gasteiger charge is -2.15. The summed E-state index contributed by atoms with van der Waals surface area (Å²) in [6.45, 7) is 2.50. The van der Waals surface area contributed by atoms with E-state index in [0.29, 0.717) is 12.1 Å². The molecular weight excluding hydrogens is 256 g/mol. The van der Waals surface area contributed by atoms with Crippen molar-refractivity contribution in [3.8, 4) is 0 Å². The number of rotatable bonds is 3. The van der Waals surface area contributed by atoms with Gasteiger partial charge in [0.05, 0.1) is 0 Å². The minimum Gasteiger partial charge on any atom is -0.306 e. The molecule has 0 bridgehead atoms. The molecule has 3 rings (SSSR count). The fraction of sp³-hybridized carbons (Fsp3) is 0.294. The van der Waals surface area contributed by atoms with E-state index in [2.05, 4.69) is 30.4 Å². The van der Waals surface area contributed by atoms with Crippen molar-refractivity contribution in [2.45, 2.75) is 32.4 Å². The Morgan fingerprint density at radius 3 is 2.80 bits per heavy atom. The molecule has 2 aromatic rings. The van der Waals surface area contributed by atoms with E-state index in [4.69, 9.17) is 0 Å². The van der Waals surface area contributed by atoms with Gasteiger partial charge in [0.2, 0.25) is 0 Å². The van der Waals surface area contributed by atoms with Crippen molar-refractivity contribution in [2.24, 2.45) is 0 Å². The molecule has 1 unspecified atom stereocenters. The predicted molar refractivity (Wildman–Crippen MR) is 75.4 cm³/mol. The molecule has 0 heterocycles. The molecule has 20 heavy (non-hydrogen) atoms. The Morgan fingerprint density at radius 1 is 1.15 bits per heavy atom. The number of aryl methyl sites for hydroxylation is 2. The van der Waals surface area contributed by atoms with Crippen LogP contribution in [-0.2, 0) is 13.0 Å². The van der Waals surface area contributed by atoms with Crippen LogP contribution in [0.15, 0.2) is 36.4 Å². The standard InChI is InChI=1S/C17H17F2N/c1-11-2-3-12-5-7-17(15(12)8-11)20-10-13-4-6-14(18)9-16(13)19/h2-4,6,8-9,17,20H,5,7,10H2,1H3. The number of hydrogen-bond acceptors (Lipinski definition) is 1. The van der Waals surface area contributed by atoms with Crippen molar-refractivity contribution in [3.05, 3.63) is 70.3 Å². The molecule has 0 fully saturated rings. The monoisotopic (exact) mass is 273 g/mol. The van der Waals surface area contributed by atoms with Crippen molar-refractivity contribution in [2.75, 3.05) is 0 Å². The Labute approximate surface area is 117 Å². The minimum atomic E-state index is -0.534. The predicted octanol–water partition coefficient (Wildman–Crippen LogP) is 4.05. The molecule has 0 aliphatic heterocycles. The highest BCUT2D eigenvalue weighted by Gasteiger charge is 2.22. The smallest absolute Gasteiger partial charge is 0.130 e. The second-order valence-electron chi connectivity index (χ2n) is 5.41. The summed E-state index contributed by atoms with van der Waals surface area (Å²) in [4.78, 5) is 0. The van der Waals surface area contributed by atoms with Crippen molar-refractivity contribution >= 4 is 0 Å². The first kappa shape index (κ1) is 13.3. The van der Waals surface area contributed by atoms with Gasteiger partial charge in [-0.2, -0.15) is 0 Å². The van der Waals surface area contributed by atoms with Gasteiger partial charge in [0, 0.05) is 24.2 Å². The van der Waals surface area contributed by atoms with E-state index in [1.165, 1.54) is 28.8 Å². The van der Waals surface area contributed by atoms with Crippen molar-refractivity contribution in [1.29, 1.82) is 0 Å². The third-order valence-corrected chi connectivity index (χ3v) is 3.93. The van der Waals surface area contributed by atoms with Crippen LogP contribution in [0.25, 0.3) is 0 Å². The Kier molecular flexibility index (Phi) is 3.53. The lowest BCUT2D eigenvalue weighted by Crippen LogP contribution is -2.19. The lowest BCUT2D eigenvalue weighted by atomic mass is 10.0. The average molecular weight is 273 g/mol. The van der Waals surface area contributed by atoms with E-state index in [0.717, 1.165) is 18.9 Å². The van der Waals surface area contributed by atoms with E-state index in [9.17, 15) is 8.78 Å². The second-order valence-corrected chi connectivity index (χ2v) is 5.41. The number of nitrogens with one attached hydrogen (secondary N) is 1. The van der Waals surface area contributed by atoms with Crippen LogP contribution in [0.5, 0.6) is 0 Å². The summed E-state index contributed by atoms with van der Waals surface area (Å²) in [6, 6.07) is 10.5. The van der Waals surface area contributed by atoms with Gasteiger partial charge >= 0.3 is 0 Å². The maximum absolute atomic E-state index is 13.6. The zero-order chi connectivity index (χ0) is 14.1. The highest BCUT2D eigenvalue weighted by molar-refractivity contribution is 5.37. The van der Waals surface area contributed by atoms with Crippen molar-refractivity contribution in [3.63, 3.8) is 0 Å². The van der Waals surface area contributed by atoms with Gasteiger partial charge in [-0.15, -0.1) is 0 Å². The number of benzene rings is 2. The minimum absolute atomic E-state index is 0.259. The molecule has 0 spiro atoms. The van der Waals surface area contributed by atoms with Crippen molar-refractivity contribution in [1.82, 2.24) is 5.32 Å². The van der Waals surface area contributed by atoms with Crippen LogP contribution in [0.2, 0.25) is 0 Å². The molecule has 3 heteroatoms. The molecule has 1 nitrogen and oxygen atoms in total. The average Bonchev–Trinajstić information content (AvgIpc) is 2.80. The quantitative estimate of drug-likeness (QED) is 0.889. The first-order chi connectivity index (χ1) is 9.63. The molecule has 0 amide bonds. The molecule has 0 radical (unpaired) electrons. The van der Waals surface area contributed by atoms with E-state index in [1.807, 2.05) is 0 Å². The summed E-state index contributed by atoms with van der Waals surface area (Å²) in [5.41, 5.74) is 4.43. The lowest BCUT2D eigenvalue weighted by molar-refractivity contribution is 0.508.